The van der Waals surface area contributed by atoms with E-state index in [0.29, 0.717) is 16.6 Å². The second-order valence-electron chi connectivity index (χ2n) is 9.66. The Balaban J connectivity index is 1.31. The molecular formula is C29H26Cl4N4O5. The largest absolute Gasteiger partial charge is 0.480 e. The van der Waals surface area contributed by atoms with E-state index < -0.39 is 36.4 Å². The Bertz CT molecular complexity index is 1510. The molecule has 3 aromatic carbocycles. The van der Waals surface area contributed by atoms with Gasteiger partial charge in [-0.3, -0.25) is 9.59 Å². The van der Waals surface area contributed by atoms with Crippen molar-refractivity contribution in [1.82, 2.24) is 21.3 Å². The molecule has 0 saturated carbocycles. The molecule has 0 heterocycles. The molecule has 0 radical (unpaired) electrons. The van der Waals surface area contributed by atoms with Crippen LogP contribution in [0, 0.1) is 0 Å². The van der Waals surface area contributed by atoms with Gasteiger partial charge in [-0.15, -0.1) is 0 Å². The normalized spacial score (nSPS) is 14.4. The molecule has 13 heteroatoms. The summed E-state index contributed by atoms with van der Waals surface area (Å²) in [6, 6.07) is 13.1. The number of aryl methyl sites for hydroxylation is 1. The molecular weight excluding hydrogens is 626 g/mol. The average molecular weight is 652 g/mol. The molecule has 1 aliphatic carbocycles. The van der Waals surface area contributed by atoms with Crippen molar-refractivity contribution in [2.45, 2.75) is 31.3 Å². The average Bonchev–Trinajstić information content (AvgIpc) is 3.34. The topological polar surface area (TPSA) is 137 Å². The Morgan fingerprint density at radius 1 is 0.857 bits per heavy atom. The van der Waals surface area contributed by atoms with Gasteiger partial charge in [0, 0.05) is 34.6 Å². The molecule has 9 nitrogen and oxygen atoms in total. The minimum absolute atomic E-state index is 0.102. The summed E-state index contributed by atoms with van der Waals surface area (Å²) in [7, 11) is 0. The number of carboxylic acids is 1. The first-order valence-corrected chi connectivity index (χ1v) is 14.4. The van der Waals surface area contributed by atoms with Crippen LogP contribution in [0.4, 0.5) is 4.79 Å². The third kappa shape index (κ3) is 8.07. The number of nitrogens with one attached hydrogen (secondary N) is 4. The van der Waals surface area contributed by atoms with E-state index >= 15 is 0 Å². The highest BCUT2D eigenvalue weighted by molar-refractivity contribution is 6.40. The van der Waals surface area contributed by atoms with E-state index in [9.17, 15) is 24.3 Å². The quantitative estimate of drug-likeness (QED) is 0.199. The van der Waals surface area contributed by atoms with Crippen molar-refractivity contribution < 1.29 is 24.3 Å². The van der Waals surface area contributed by atoms with Crippen LogP contribution in [0.5, 0.6) is 0 Å². The lowest BCUT2D eigenvalue weighted by Gasteiger charge is -2.18. The maximum absolute atomic E-state index is 12.9. The summed E-state index contributed by atoms with van der Waals surface area (Å²) in [4.78, 5) is 49.7. The van der Waals surface area contributed by atoms with Crippen LogP contribution < -0.4 is 21.3 Å². The number of benzene rings is 3. The summed E-state index contributed by atoms with van der Waals surface area (Å²) >= 11 is 24.6. The zero-order valence-corrected chi connectivity index (χ0v) is 25.0. The van der Waals surface area contributed by atoms with Crippen LogP contribution in [-0.2, 0) is 17.8 Å². The summed E-state index contributed by atoms with van der Waals surface area (Å²) in [6.45, 7) is 0.151. The molecule has 4 rings (SSSR count). The number of carboxylic acid groups (broad SMARTS) is 1. The number of rotatable bonds is 10. The van der Waals surface area contributed by atoms with Crippen molar-refractivity contribution >= 4 is 70.2 Å². The van der Waals surface area contributed by atoms with Gasteiger partial charge in [0.1, 0.15) is 6.04 Å². The second-order valence-corrected chi connectivity index (χ2v) is 11.3. The summed E-state index contributed by atoms with van der Waals surface area (Å²) in [5.41, 5.74) is 2.94. The van der Waals surface area contributed by atoms with Gasteiger partial charge in [-0.05, 0) is 65.9 Å². The first kappa shape index (κ1) is 31.4. The minimum Gasteiger partial charge on any atom is -0.480 e. The van der Waals surface area contributed by atoms with E-state index in [1.165, 1.54) is 12.1 Å². The van der Waals surface area contributed by atoms with Crippen molar-refractivity contribution in [3.05, 3.63) is 103 Å². The fourth-order valence-electron chi connectivity index (χ4n) is 4.64. The molecule has 0 aliphatic heterocycles. The maximum atomic E-state index is 12.9. The lowest BCUT2D eigenvalue weighted by molar-refractivity contribution is -0.139. The molecule has 4 amide bonds. The highest BCUT2D eigenvalue weighted by atomic mass is 35.5. The molecule has 0 fully saturated rings. The lowest BCUT2D eigenvalue weighted by Crippen LogP contribution is -2.50. The minimum atomic E-state index is -1.48. The van der Waals surface area contributed by atoms with Crippen LogP contribution >= 0.6 is 46.4 Å². The number of urea groups is 1. The molecule has 42 heavy (non-hydrogen) atoms. The Morgan fingerprint density at radius 3 is 2.26 bits per heavy atom. The van der Waals surface area contributed by atoms with Crippen molar-refractivity contribution in [2.75, 3.05) is 13.1 Å². The smallest absolute Gasteiger partial charge is 0.328 e. The molecule has 1 unspecified atom stereocenters. The monoisotopic (exact) mass is 650 g/mol. The van der Waals surface area contributed by atoms with Gasteiger partial charge in [0.2, 0.25) is 0 Å². The highest BCUT2D eigenvalue weighted by Gasteiger charge is 2.26. The number of fused-ring (bicyclic) bond motifs is 1. The number of carbonyl (C=O) groups is 4. The van der Waals surface area contributed by atoms with Gasteiger partial charge in [0.05, 0.1) is 22.2 Å². The van der Waals surface area contributed by atoms with E-state index in [-0.39, 0.29) is 33.6 Å². The summed E-state index contributed by atoms with van der Waals surface area (Å²) < 4.78 is 0. The predicted molar refractivity (Wildman–Crippen MR) is 162 cm³/mol. The molecule has 220 valence electrons. The molecule has 2 atom stereocenters. The Hall–Kier alpha value is -3.50. The summed E-state index contributed by atoms with van der Waals surface area (Å²) in [6.07, 6.45) is 1.71. The summed E-state index contributed by atoms with van der Waals surface area (Å²) in [5, 5.41) is 20.7. The van der Waals surface area contributed by atoms with Crippen LogP contribution in [0.3, 0.4) is 0 Å². The van der Waals surface area contributed by atoms with Crippen LogP contribution in [0.15, 0.2) is 54.6 Å². The van der Waals surface area contributed by atoms with Gasteiger partial charge in [0.15, 0.2) is 0 Å². The Kier molecular flexibility index (Phi) is 10.6. The zero-order valence-electron chi connectivity index (χ0n) is 22.0. The van der Waals surface area contributed by atoms with Gasteiger partial charge in [-0.1, -0.05) is 64.6 Å². The Morgan fingerprint density at radius 2 is 1.57 bits per heavy atom. The number of hydrogen-bond donors (Lipinski definition) is 5. The van der Waals surface area contributed by atoms with E-state index in [1.807, 2.05) is 18.2 Å². The Labute approximate surface area is 261 Å². The number of aliphatic carboxylic acids is 1. The second kappa shape index (κ2) is 14.1. The zero-order chi connectivity index (χ0) is 30.4. The fourth-order valence-corrected chi connectivity index (χ4v) is 5.71. The number of amides is 4. The van der Waals surface area contributed by atoms with Crippen molar-refractivity contribution in [2.24, 2.45) is 0 Å². The van der Waals surface area contributed by atoms with E-state index in [1.54, 1.807) is 24.3 Å². The van der Waals surface area contributed by atoms with E-state index in [2.05, 4.69) is 21.3 Å². The lowest BCUT2D eigenvalue weighted by atomic mass is 10.0. The highest BCUT2D eigenvalue weighted by Crippen LogP contribution is 2.34. The predicted octanol–water partition coefficient (Wildman–Crippen LogP) is 5.44. The molecule has 3 aromatic rings. The van der Waals surface area contributed by atoms with Gasteiger partial charge < -0.3 is 26.4 Å². The van der Waals surface area contributed by atoms with Gasteiger partial charge in [-0.2, -0.15) is 0 Å². The van der Waals surface area contributed by atoms with Crippen molar-refractivity contribution in [1.29, 1.82) is 0 Å². The van der Waals surface area contributed by atoms with Gasteiger partial charge in [-0.25, -0.2) is 9.59 Å². The molecule has 0 bridgehead atoms. The summed E-state index contributed by atoms with van der Waals surface area (Å²) in [5.74, 6) is -2.64. The van der Waals surface area contributed by atoms with Crippen LogP contribution in [-0.4, -0.2) is 48.1 Å². The third-order valence-electron chi connectivity index (χ3n) is 6.76. The maximum Gasteiger partial charge on any atom is 0.328 e. The number of halogens is 4. The molecule has 5 N–H and O–H groups in total. The molecule has 0 aromatic heterocycles. The van der Waals surface area contributed by atoms with Crippen LogP contribution in [0.25, 0.3) is 0 Å². The molecule has 0 saturated heterocycles. The van der Waals surface area contributed by atoms with E-state index in [0.717, 1.165) is 29.5 Å². The first-order chi connectivity index (χ1) is 20.0. The SMILES string of the molecule is O=C(NCC1CCc2cc(Cl)ccc21)NC[C@H](NC(=O)c1c(Cl)cc(C(=O)NCc2cccc(Cl)c2)cc1Cl)C(=O)O. The molecule has 0 spiro atoms. The van der Waals surface area contributed by atoms with Crippen LogP contribution in [0.1, 0.15) is 49.7 Å². The fraction of sp³-hybridized carbons (Fsp3) is 0.241. The van der Waals surface area contributed by atoms with Crippen molar-refractivity contribution in [3.8, 4) is 0 Å². The van der Waals surface area contributed by atoms with E-state index in [4.69, 9.17) is 46.4 Å². The van der Waals surface area contributed by atoms with Crippen LogP contribution in [0.2, 0.25) is 20.1 Å². The number of hydrogen-bond acceptors (Lipinski definition) is 4. The standard InChI is InChI=1S/C29H26Cl4N4O5/c30-19-3-1-2-15(8-19)12-34-26(38)18-10-22(32)25(23(33)11-18)27(39)37-24(28(40)41)14-36-29(42)35-13-17-5-4-16-9-20(31)6-7-21(16)17/h1-3,6-11,17,24H,4-5,12-14H2,(H,34,38)(H,37,39)(H,40,41)(H2,35,36,42)/t17?,24-/m0/s1. The third-order valence-corrected chi connectivity index (χ3v) is 7.83. The first-order valence-electron chi connectivity index (χ1n) is 12.9. The van der Waals surface area contributed by atoms with Gasteiger partial charge >= 0.3 is 12.0 Å². The van der Waals surface area contributed by atoms with Gasteiger partial charge in [0.25, 0.3) is 11.8 Å². The number of carbonyl (C=O) groups excluding carboxylic acids is 3. The van der Waals surface area contributed by atoms with Crippen molar-refractivity contribution in [3.63, 3.8) is 0 Å². The molecule has 1 aliphatic rings.